The summed E-state index contributed by atoms with van der Waals surface area (Å²) in [5.74, 6) is 0.466. The van der Waals surface area contributed by atoms with Crippen LogP contribution in [0.3, 0.4) is 0 Å². The van der Waals surface area contributed by atoms with Crippen LogP contribution in [0.2, 0.25) is 0 Å². The molecule has 1 aromatic heterocycles. The predicted molar refractivity (Wildman–Crippen MR) is 65.5 cm³/mol. The van der Waals surface area contributed by atoms with Gasteiger partial charge in [0.25, 0.3) is 0 Å². The molecule has 0 bridgehead atoms. The quantitative estimate of drug-likeness (QED) is 0.724. The van der Waals surface area contributed by atoms with E-state index in [1.807, 2.05) is 36.8 Å². The van der Waals surface area contributed by atoms with Gasteiger partial charge in [-0.05, 0) is 14.1 Å². The molecular formula is C10H18N4OS. The highest BCUT2D eigenvalue weighted by Gasteiger charge is 2.05. The van der Waals surface area contributed by atoms with E-state index in [1.54, 1.807) is 6.20 Å². The molecule has 1 rings (SSSR count). The number of nitrogens with zero attached hydrogens (tertiary/aromatic N) is 3. The second-order valence-electron chi connectivity index (χ2n) is 3.76. The first-order chi connectivity index (χ1) is 7.59. The Hall–Kier alpha value is -1.01. The fourth-order valence-corrected chi connectivity index (χ4v) is 1.85. The van der Waals surface area contributed by atoms with E-state index < -0.39 is 0 Å². The molecule has 5 nitrogen and oxygen atoms in total. The first-order valence-corrected chi connectivity index (χ1v) is 6.09. The van der Waals surface area contributed by atoms with Gasteiger partial charge in [0.05, 0.1) is 5.75 Å². The van der Waals surface area contributed by atoms with Crippen molar-refractivity contribution < 1.29 is 4.79 Å². The Balaban J connectivity index is 2.18. The zero-order chi connectivity index (χ0) is 12.0. The summed E-state index contributed by atoms with van der Waals surface area (Å²) in [7, 11) is 5.88. The number of imidazole rings is 1. The molecule has 0 fully saturated rings. The molecule has 0 radical (unpaired) electrons. The number of aryl methyl sites for hydroxylation is 1. The van der Waals surface area contributed by atoms with Crippen molar-refractivity contribution in [1.29, 1.82) is 0 Å². The summed E-state index contributed by atoms with van der Waals surface area (Å²) < 4.78 is 1.90. The summed E-state index contributed by atoms with van der Waals surface area (Å²) in [5, 5.41) is 3.72. The molecule has 0 aliphatic rings. The standard InChI is InChI=1S/C10H18N4OS/c1-13(2)6-4-11-9(15)8-16-10-12-5-7-14(10)3/h5,7H,4,6,8H2,1-3H3,(H,11,15). The normalized spacial score (nSPS) is 10.8. The number of hydrogen-bond acceptors (Lipinski definition) is 4. The molecular weight excluding hydrogens is 224 g/mol. The topological polar surface area (TPSA) is 50.2 Å². The van der Waals surface area contributed by atoms with Gasteiger partial charge in [-0.3, -0.25) is 4.79 Å². The lowest BCUT2D eigenvalue weighted by Crippen LogP contribution is -2.32. The van der Waals surface area contributed by atoms with E-state index in [-0.39, 0.29) is 5.91 Å². The van der Waals surface area contributed by atoms with Crippen LogP contribution in [0.5, 0.6) is 0 Å². The Bertz CT molecular complexity index is 337. The van der Waals surface area contributed by atoms with E-state index in [0.29, 0.717) is 12.3 Å². The fourth-order valence-electron chi connectivity index (χ4n) is 1.09. The van der Waals surface area contributed by atoms with Crippen molar-refractivity contribution >= 4 is 17.7 Å². The Morgan fingerprint density at radius 2 is 2.38 bits per heavy atom. The van der Waals surface area contributed by atoms with Crippen LogP contribution in [0.15, 0.2) is 17.6 Å². The summed E-state index contributed by atoms with van der Waals surface area (Å²) in [6.07, 6.45) is 3.60. The summed E-state index contributed by atoms with van der Waals surface area (Å²) in [4.78, 5) is 17.6. The third-order valence-electron chi connectivity index (χ3n) is 1.99. The van der Waals surface area contributed by atoms with Crippen LogP contribution in [-0.2, 0) is 11.8 Å². The van der Waals surface area contributed by atoms with Crippen molar-refractivity contribution in [1.82, 2.24) is 19.8 Å². The highest BCUT2D eigenvalue weighted by atomic mass is 32.2. The molecule has 0 aliphatic carbocycles. The maximum atomic E-state index is 11.4. The third-order valence-corrected chi connectivity index (χ3v) is 3.05. The Kier molecular flexibility index (Phi) is 5.34. The van der Waals surface area contributed by atoms with Crippen molar-refractivity contribution in [2.24, 2.45) is 7.05 Å². The van der Waals surface area contributed by atoms with Crippen LogP contribution in [-0.4, -0.2) is 53.3 Å². The van der Waals surface area contributed by atoms with Crippen LogP contribution in [0, 0.1) is 0 Å². The van der Waals surface area contributed by atoms with Gasteiger partial charge in [-0.1, -0.05) is 11.8 Å². The lowest BCUT2D eigenvalue weighted by Gasteiger charge is -2.10. The molecule has 16 heavy (non-hydrogen) atoms. The minimum Gasteiger partial charge on any atom is -0.354 e. The van der Waals surface area contributed by atoms with Gasteiger partial charge in [-0.25, -0.2) is 4.98 Å². The van der Waals surface area contributed by atoms with Crippen LogP contribution in [0.25, 0.3) is 0 Å². The van der Waals surface area contributed by atoms with Crippen molar-refractivity contribution in [2.45, 2.75) is 5.16 Å². The number of nitrogens with one attached hydrogen (secondary N) is 1. The molecule has 0 aliphatic heterocycles. The second kappa shape index (κ2) is 6.55. The second-order valence-corrected chi connectivity index (χ2v) is 4.71. The summed E-state index contributed by atoms with van der Waals surface area (Å²) in [6.45, 7) is 1.55. The summed E-state index contributed by atoms with van der Waals surface area (Å²) in [5.41, 5.74) is 0. The SMILES string of the molecule is CN(C)CCNC(=O)CSc1nccn1C. The van der Waals surface area contributed by atoms with E-state index in [4.69, 9.17) is 0 Å². The number of rotatable bonds is 6. The van der Waals surface area contributed by atoms with Gasteiger partial charge in [-0.15, -0.1) is 0 Å². The van der Waals surface area contributed by atoms with Crippen LogP contribution >= 0.6 is 11.8 Å². The van der Waals surface area contributed by atoms with Gasteiger partial charge in [0.2, 0.25) is 5.91 Å². The maximum absolute atomic E-state index is 11.4. The highest BCUT2D eigenvalue weighted by Crippen LogP contribution is 2.13. The Labute approximate surface area is 100 Å². The van der Waals surface area contributed by atoms with Crippen molar-refractivity contribution in [3.63, 3.8) is 0 Å². The molecule has 0 saturated carbocycles. The van der Waals surface area contributed by atoms with Gasteiger partial charge >= 0.3 is 0 Å². The molecule has 1 aromatic rings. The monoisotopic (exact) mass is 242 g/mol. The van der Waals surface area contributed by atoms with Crippen molar-refractivity contribution in [3.05, 3.63) is 12.4 Å². The molecule has 0 saturated heterocycles. The molecule has 1 N–H and O–H groups in total. The highest BCUT2D eigenvalue weighted by molar-refractivity contribution is 7.99. The number of hydrogen-bond donors (Lipinski definition) is 1. The van der Waals surface area contributed by atoms with E-state index in [1.165, 1.54) is 11.8 Å². The van der Waals surface area contributed by atoms with Gasteiger partial charge in [0, 0.05) is 32.5 Å². The summed E-state index contributed by atoms with van der Waals surface area (Å²) >= 11 is 1.45. The number of carbonyl (C=O) groups excluding carboxylic acids is 1. The minimum atomic E-state index is 0.0508. The van der Waals surface area contributed by atoms with Crippen molar-refractivity contribution in [3.8, 4) is 0 Å². The van der Waals surface area contributed by atoms with E-state index >= 15 is 0 Å². The van der Waals surface area contributed by atoms with Crippen LogP contribution in [0.1, 0.15) is 0 Å². The fraction of sp³-hybridized carbons (Fsp3) is 0.600. The molecule has 1 heterocycles. The third kappa shape index (κ3) is 4.67. The van der Waals surface area contributed by atoms with Crippen molar-refractivity contribution in [2.75, 3.05) is 32.9 Å². The Morgan fingerprint density at radius 1 is 1.62 bits per heavy atom. The first-order valence-electron chi connectivity index (χ1n) is 5.11. The minimum absolute atomic E-state index is 0.0508. The van der Waals surface area contributed by atoms with Crippen LogP contribution in [0.4, 0.5) is 0 Å². The van der Waals surface area contributed by atoms with Gasteiger partial charge in [0.1, 0.15) is 0 Å². The average molecular weight is 242 g/mol. The zero-order valence-corrected chi connectivity index (χ0v) is 10.8. The largest absolute Gasteiger partial charge is 0.354 e. The molecule has 90 valence electrons. The Morgan fingerprint density at radius 3 is 2.94 bits per heavy atom. The predicted octanol–water partition coefficient (Wildman–Crippen LogP) is 0.190. The van der Waals surface area contributed by atoms with E-state index in [9.17, 15) is 4.79 Å². The number of thioether (sulfide) groups is 1. The molecule has 0 spiro atoms. The van der Waals surface area contributed by atoms with Gasteiger partial charge in [-0.2, -0.15) is 0 Å². The van der Waals surface area contributed by atoms with E-state index in [0.717, 1.165) is 11.7 Å². The van der Waals surface area contributed by atoms with Gasteiger partial charge < -0.3 is 14.8 Å². The number of amides is 1. The molecule has 6 heteroatoms. The lowest BCUT2D eigenvalue weighted by molar-refractivity contribution is -0.118. The molecule has 1 amide bonds. The molecule has 0 unspecified atom stereocenters. The summed E-state index contributed by atoms with van der Waals surface area (Å²) in [6, 6.07) is 0. The average Bonchev–Trinajstić information content (AvgIpc) is 2.60. The number of likely N-dealkylation sites (N-methyl/N-ethyl adjacent to an activating group) is 1. The lowest BCUT2D eigenvalue weighted by atomic mass is 10.5. The number of carbonyl (C=O) groups is 1. The number of aromatic nitrogens is 2. The first kappa shape index (κ1) is 13.1. The smallest absolute Gasteiger partial charge is 0.230 e. The van der Waals surface area contributed by atoms with Crippen LogP contribution < -0.4 is 5.32 Å². The molecule has 0 atom stereocenters. The molecule has 0 aromatic carbocycles. The maximum Gasteiger partial charge on any atom is 0.230 e. The zero-order valence-electron chi connectivity index (χ0n) is 9.93. The van der Waals surface area contributed by atoms with Gasteiger partial charge in [0.15, 0.2) is 5.16 Å². The van der Waals surface area contributed by atoms with E-state index in [2.05, 4.69) is 10.3 Å².